The van der Waals surface area contributed by atoms with Gasteiger partial charge in [0, 0.05) is 41.6 Å². The Bertz CT molecular complexity index is 1740. The molecule has 39 heavy (non-hydrogen) atoms. The number of alkyl halides is 3. The van der Waals surface area contributed by atoms with Crippen molar-refractivity contribution < 1.29 is 26.7 Å². The van der Waals surface area contributed by atoms with Gasteiger partial charge in [-0.3, -0.25) is 14.7 Å². The van der Waals surface area contributed by atoms with Crippen molar-refractivity contribution in [3.63, 3.8) is 0 Å². The highest BCUT2D eigenvalue weighted by Gasteiger charge is 2.36. The summed E-state index contributed by atoms with van der Waals surface area (Å²) >= 11 is 0. The van der Waals surface area contributed by atoms with E-state index >= 15 is 0 Å². The second-order valence-electron chi connectivity index (χ2n) is 8.72. The van der Waals surface area contributed by atoms with E-state index in [4.69, 9.17) is 0 Å². The second kappa shape index (κ2) is 10.1. The van der Waals surface area contributed by atoms with Gasteiger partial charge in [0.15, 0.2) is 5.69 Å². The Balaban J connectivity index is 1.38. The van der Waals surface area contributed by atoms with E-state index in [0.29, 0.717) is 16.5 Å². The number of benzene rings is 2. The quantitative estimate of drug-likeness (QED) is 0.233. The number of aromatic amines is 1. The molecule has 0 bridgehead atoms. The number of rotatable bonds is 6. The third kappa shape index (κ3) is 5.54. The van der Waals surface area contributed by atoms with Gasteiger partial charge in [0.25, 0.3) is 11.5 Å². The molecule has 5 aromatic rings. The largest absolute Gasteiger partial charge is 0.435 e. The number of hydrogen-bond acceptors (Lipinski definition) is 4. The molecule has 0 aliphatic heterocycles. The van der Waals surface area contributed by atoms with Crippen LogP contribution in [0.1, 0.15) is 27.2 Å². The van der Waals surface area contributed by atoms with Crippen molar-refractivity contribution in [1.29, 1.82) is 0 Å². The van der Waals surface area contributed by atoms with Gasteiger partial charge in [-0.1, -0.05) is 12.1 Å². The van der Waals surface area contributed by atoms with Crippen LogP contribution in [0.5, 0.6) is 0 Å². The fourth-order valence-electron chi connectivity index (χ4n) is 4.17. The Morgan fingerprint density at radius 3 is 2.56 bits per heavy atom. The Hall–Kier alpha value is -4.87. The first-order valence-corrected chi connectivity index (χ1v) is 11.5. The maximum atomic E-state index is 14.3. The summed E-state index contributed by atoms with van der Waals surface area (Å²) in [4.78, 5) is 29.2. The molecule has 12 heteroatoms. The smallest absolute Gasteiger partial charge is 0.348 e. The normalized spacial score (nSPS) is 11.6. The van der Waals surface area contributed by atoms with E-state index < -0.39 is 35.1 Å². The minimum Gasteiger partial charge on any atom is -0.348 e. The van der Waals surface area contributed by atoms with Gasteiger partial charge < -0.3 is 9.88 Å². The first-order valence-electron chi connectivity index (χ1n) is 11.5. The Morgan fingerprint density at radius 2 is 1.82 bits per heavy atom. The van der Waals surface area contributed by atoms with Crippen molar-refractivity contribution in [2.75, 3.05) is 0 Å². The lowest BCUT2D eigenvalue weighted by molar-refractivity contribution is -0.140. The van der Waals surface area contributed by atoms with Gasteiger partial charge in [-0.25, -0.2) is 9.37 Å². The molecule has 2 aromatic carbocycles. The van der Waals surface area contributed by atoms with E-state index in [1.807, 2.05) is 0 Å². The monoisotopic (exact) mass is 539 g/mol. The van der Waals surface area contributed by atoms with Crippen LogP contribution in [-0.4, -0.2) is 25.7 Å². The highest BCUT2D eigenvalue weighted by Crippen LogP contribution is 2.36. The molecule has 5 rings (SSSR count). The minimum atomic E-state index is -4.65. The van der Waals surface area contributed by atoms with Crippen LogP contribution < -0.4 is 10.9 Å². The molecule has 2 N–H and O–H groups in total. The third-order valence-corrected chi connectivity index (χ3v) is 6.01. The van der Waals surface area contributed by atoms with Crippen LogP contribution >= 0.6 is 0 Å². The zero-order valence-corrected chi connectivity index (χ0v) is 19.9. The molecule has 0 radical (unpaired) electrons. The summed E-state index contributed by atoms with van der Waals surface area (Å²) in [5, 5.41) is 8.78. The van der Waals surface area contributed by atoms with E-state index in [0.717, 1.165) is 18.3 Å². The van der Waals surface area contributed by atoms with Crippen LogP contribution in [0.25, 0.3) is 21.9 Å². The van der Waals surface area contributed by atoms with Gasteiger partial charge in [-0.05, 0) is 64.5 Å². The summed E-state index contributed by atoms with van der Waals surface area (Å²) in [7, 11) is 0. The summed E-state index contributed by atoms with van der Waals surface area (Å²) in [5.74, 6) is -1.91. The molecule has 0 spiro atoms. The summed E-state index contributed by atoms with van der Waals surface area (Å²) in [6.07, 6.45) is -0.793. The van der Waals surface area contributed by atoms with Crippen LogP contribution in [0.4, 0.5) is 22.0 Å². The predicted molar refractivity (Wildman–Crippen MR) is 132 cm³/mol. The van der Waals surface area contributed by atoms with E-state index in [-0.39, 0.29) is 35.2 Å². The van der Waals surface area contributed by atoms with E-state index in [1.54, 1.807) is 6.07 Å². The van der Waals surface area contributed by atoms with Crippen molar-refractivity contribution in [2.45, 2.75) is 19.3 Å². The van der Waals surface area contributed by atoms with Crippen LogP contribution in [0.15, 0.2) is 78.0 Å². The summed E-state index contributed by atoms with van der Waals surface area (Å²) in [6.45, 7) is -0.0102. The molecular weight excluding hydrogens is 521 g/mol. The van der Waals surface area contributed by atoms with Crippen molar-refractivity contribution in [3.05, 3.63) is 118 Å². The predicted octanol–water partition coefficient (Wildman–Crippen LogP) is 5.06. The minimum absolute atomic E-state index is 0.0270. The molecule has 0 saturated heterocycles. The van der Waals surface area contributed by atoms with Crippen molar-refractivity contribution in [1.82, 2.24) is 25.1 Å². The lowest BCUT2D eigenvalue weighted by atomic mass is 10.0. The van der Waals surface area contributed by atoms with Crippen LogP contribution in [0, 0.1) is 11.8 Å². The SMILES string of the molecule is O=C(NCc1ccc(F)nc1)c1cc(F)cc(Cn2ccc3cc(-c4c[nH]nc4C(F)(F)F)ccc3c2=O)c1. The molecule has 3 heterocycles. The zero-order valence-electron chi connectivity index (χ0n) is 19.9. The molecule has 0 fully saturated rings. The number of fused-ring (bicyclic) bond motifs is 1. The van der Waals surface area contributed by atoms with E-state index in [2.05, 4.69) is 20.5 Å². The number of nitrogens with one attached hydrogen (secondary N) is 2. The van der Waals surface area contributed by atoms with E-state index in [1.165, 1.54) is 53.4 Å². The Kier molecular flexibility index (Phi) is 6.69. The van der Waals surface area contributed by atoms with Gasteiger partial charge >= 0.3 is 6.18 Å². The topological polar surface area (TPSA) is 92.7 Å². The highest BCUT2D eigenvalue weighted by atomic mass is 19.4. The number of carbonyl (C=O) groups is 1. The number of hydrogen-bond donors (Lipinski definition) is 2. The van der Waals surface area contributed by atoms with Crippen molar-refractivity contribution >= 4 is 16.7 Å². The van der Waals surface area contributed by atoms with Crippen molar-refractivity contribution in [2.24, 2.45) is 0 Å². The number of pyridine rings is 2. The standard InChI is InChI=1S/C27H18F5N5O2/c28-20-8-16(7-19(10-20)25(38)34-12-15-1-4-23(29)33-11-15)14-37-6-5-18-9-17(2-3-21(18)26(37)39)22-13-35-36-24(22)27(30,31)32/h1-11,13H,12,14H2,(H,34,38)(H,35,36). The average molecular weight is 539 g/mol. The highest BCUT2D eigenvalue weighted by molar-refractivity contribution is 5.94. The number of amides is 1. The van der Waals surface area contributed by atoms with Crippen molar-refractivity contribution in [3.8, 4) is 11.1 Å². The molecule has 0 saturated carbocycles. The summed E-state index contributed by atoms with van der Waals surface area (Å²) in [5.41, 5.74) is -0.492. The number of halogens is 5. The average Bonchev–Trinajstić information content (AvgIpc) is 3.40. The maximum Gasteiger partial charge on any atom is 0.435 e. The lowest BCUT2D eigenvalue weighted by Gasteiger charge is -2.11. The molecule has 0 atom stereocenters. The first kappa shape index (κ1) is 25.8. The summed E-state index contributed by atoms with van der Waals surface area (Å²) in [6, 6.07) is 12.1. The molecule has 0 unspecified atom stereocenters. The Morgan fingerprint density at radius 1 is 1.00 bits per heavy atom. The molecule has 3 aromatic heterocycles. The van der Waals surface area contributed by atoms with Gasteiger partial charge in [0.1, 0.15) is 5.82 Å². The number of aromatic nitrogens is 4. The van der Waals surface area contributed by atoms with E-state index in [9.17, 15) is 31.5 Å². The zero-order chi connectivity index (χ0) is 27.7. The molecule has 7 nitrogen and oxygen atoms in total. The lowest BCUT2D eigenvalue weighted by Crippen LogP contribution is -2.24. The fourth-order valence-corrected chi connectivity index (χ4v) is 4.17. The molecule has 0 aliphatic rings. The van der Waals surface area contributed by atoms with Crippen LogP contribution in [0.2, 0.25) is 0 Å². The molecule has 1 amide bonds. The number of H-pyrrole nitrogens is 1. The number of carbonyl (C=O) groups excluding carboxylic acids is 1. The maximum absolute atomic E-state index is 14.3. The number of nitrogens with zero attached hydrogens (tertiary/aromatic N) is 3. The van der Waals surface area contributed by atoms with Gasteiger partial charge in [-0.15, -0.1) is 0 Å². The van der Waals surface area contributed by atoms with Gasteiger partial charge in [-0.2, -0.15) is 22.7 Å². The molecule has 198 valence electrons. The van der Waals surface area contributed by atoms with Crippen LogP contribution in [0.3, 0.4) is 0 Å². The van der Waals surface area contributed by atoms with Gasteiger partial charge in [0.2, 0.25) is 5.95 Å². The third-order valence-electron chi connectivity index (χ3n) is 6.01. The fraction of sp³-hybridized carbons (Fsp3) is 0.111. The first-order chi connectivity index (χ1) is 18.6. The summed E-state index contributed by atoms with van der Waals surface area (Å²) < 4.78 is 68.3. The molecular formula is C27H18F5N5O2. The second-order valence-corrected chi connectivity index (χ2v) is 8.72. The Labute approximate surface area is 216 Å². The molecule has 0 aliphatic carbocycles. The van der Waals surface area contributed by atoms with Gasteiger partial charge in [0.05, 0.1) is 6.54 Å². The van der Waals surface area contributed by atoms with Crippen LogP contribution in [-0.2, 0) is 19.3 Å².